The summed E-state index contributed by atoms with van der Waals surface area (Å²) in [6, 6.07) is -0.721. The molecule has 0 spiro atoms. The Morgan fingerprint density at radius 1 is 0.388 bits per heavy atom. The molecule has 0 rings (SSSR count). The number of carbonyl (C=O) groups excluding carboxylic acids is 3. The number of carboxylic acids is 1. The number of ether oxygens (including phenoxy) is 3. The van der Waals surface area contributed by atoms with Crippen molar-refractivity contribution in [2.24, 2.45) is 0 Å². The van der Waals surface area contributed by atoms with Crippen molar-refractivity contribution < 1.29 is 38.2 Å². The molecule has 0 aromatic carbocycles. The summed E-state index contributed by atoms with van der Waals surface area (Å²) in [6.45, 7) is 4.75. The molecule has 2 unspecified atom stereocenters. The second kappa shape index (κ2) is 50.7. The normalized spacial score (nSPS) is 12.7. The highest BCUT2D eigenvalue weighted by Crippen LogP contribution is 2.18. The number of aliphatic carboxylic acids is 1. The van der Waals surface area contributed by atoms with Gasteiger partial charge in [0.2, 0.25) is 0 Å². The Hall–Kier alpha value is -1.67. The number of carboxylic acid groups (broad SMARTS) is 1. The van der Waals surface area contributed by atoms with Gasteiger partial charge in [-0.25, -0.2) is 0 Å². The molecule has 0 heterocycles. The molecule has 0 aliphatic rings. The van der Waals surface area contributed by atoms with Crippen molar-refractivity contribution in [3.05, 3.63) is 0 Å². The van der Waals surface area contributed by atoms with Gasteiger partial charge in [0.15, 0.2) is 6.10 Å². The monoisotopic (exact) mass is 950 g/mol. The number of rotatable bonds is 55. The largest absolute Gasteiger partial charge is 0.544 e. The molecule has 0 fully saturated rings. The summed E-state index contributed by atoms with van der Waals surface area (Å²) in [4.78, 5) is 37.2. The average molecular weight is 951 g/mol. The maximum Gasteiger partial charge on any atom is 0.306 e. The number of esters is 2. The summed E-state index contributed by atoms with van der Waals surface area (Å²) < 4.78 is 17.3. The molecule has 0 saturated carbocycles. The number of likely N-dealkylation sites (N-methyl/N-ethyl adjacent to an activating group) is 1. The lowest BCUT2D eigenvalue weighted by atomic mass is 10.0. The number of quaternary nitrogens is 1. The zero-order valence-corrected chi connectivity index (χ0v) is 45.6. The predicted molar refractivity (Wildman–Crippen MR) is 282 cm³/mol. The minimum atomic E-state index is -1.12. The van der Waals surface area contributed by atoms with E-state index in [4.69, 9.17) is 14.2 Å². The molecule has 0 radical (unpaired) electrons. The highest BCUT2D eigenvalue weighted by atomic mass is 16.6. The zero-order valence-electron chi connectivity index (χ0n) is 45.6. The van der Waals surface area contributed by atoms with Gasteiger partial charge in [-0.3, -0.25) is 9.59 Å². The Bertz CT molecular complexity index is 1060. The van der Waals surface area contributed by atoms with E-state index in [0.29, 0.717) is 12.8 Å². The molecule has 398 valence electrons. The SMILES string of the molecule is CCCCCCCCCCCCCCCCCCCCCCCCCCC(=O)OC(COCCC(C(=O)[O-])[N+](C)(C)C)COC(=O)CCCCCCCCCCCCCCCCCCCCC. The Morgan fingerprint density at radius 3 is 0.925 bits per heavy atom. The molecule has 0 aromatic rings. The molecule has 8 nitrogen and oxygen atoms in total. The Kier molecular flexibility index (Phi) is 49.4. The van der Waals surface area contributed by atoms with Crippen LogP contribution in [0.5, 0.6) is 0 Å². The predicted octanol–water partition coefficient (Wildman–Crippen LogP) is 16.3. The lowest BCUT2D eigenvalue weighted by molar-refractivity contribution is -0.889. The van der Waals surface area contributed by atoms with E-state index in [2.05, 4.69) is 13.8 Å². The quantitative estimate of drug-likeness (QED) is 0.0340. The zero-order chi connectivity index (χ0) is 49.2. The molecule has 0 aliphatic carbocycles. The van der Waals surface area contributed by atoms with Crippen molar-refractivity contribution in [2.45, 2.75) is 321 Å². The van der Waals surface area contributed by atoms with E-state index in [1.165, 1.54) is 238 Å². The summed E-state index contributed by atoms with van der Waals surface area (Å²) in [7, 11) is 5.44. The van der Waals surface area contributed by atoms with E-state index in [-0.39, 0.29) is 42.7 Å². The fourth-order valence-corrected chi connectivity index (χ4v) is 9.43. The second-order valence-electron chi connectivity index (χ2n) is 21.6. The standard InChI is InChI=1S/C59H115NO7/c1-6-8-10-12-14-16-18-20-22-24-26-27-28-29-30-32-34-36-38-40-42-44-46-48-50-58(62)67-55(53-65-52-51-56(59(63)64)60(3,4)5)54-66-57(61)49-47-45-43-41-39-37-35-33-31-25-23-21-19-17-15-13-11-9-7-2/h55-56H,6-54H2,1-5H3. The molecule has 67 heavy (non-hydrogen) atoms. The van der Waals surface area contributed by atoms with E-state index < -0.39 is 18.1 Å². The molecule has 2 atom stereocenters. The first-order valence-corrected chi connectivity index (χ1v) is 29.6. The Balaban J connectivity index is 4.08. The minimum Gasteiger partial charge on any atom is -0.544 e. The van der Waals surface area contributed by atoms with E-state index in [0.717, 1.165) is 38.5 Å². The van der Waals surface area contributed by atoms with Crippen LogP contribution in [0.4, 0.5) is 0 Å². The third kappa shape index (κ3) is 49.1. The maximum atomic E-state index is 12.8. The van der Waals surface area contributed by atoms with Crippen molar-refractivity contribution >= 4 is 17.9 Å². The molecule has 0 aromatic heterocycles. The molecular weight excluding hydrogens is 835 g/mol. The van der Waals surface area contributed by atoms with Crippen LogP contribution in [0, 0.1) is 0 Å². The highest BCUT2D eigenvalue weighted by Gasteiger charge is 2.25. The van der Waals surface area contributed by atoms with Gasteiger partial charge in [0.25, 0.3) is 0 Å². The third-order valence-corrected chi connectivity index (χ3v) is 14.0. The van der Waals surface area contributed by atoms with Gasteiger partial charge >= 0.3 is 11.9 Å². The summed E-state index contributed by atoms with van der Waals surface area (Å²) in [5.41, 5.74) is 0. The Morgan fingerprint density at radius 2 is 0.657 bits per heavy atom. The molecule has 0 saturated heterocycles. The smallest absolute Gasteiger partial charge is 0.306 e. The van der Waals surface area contributed by atoms with Gasteiger partial charge in [0, 0.05) is 19.3 Å². The van der Waals surface area contributed by atoms with Crippen LogP contribution in [-0.4, -0.2) is 75.5 Å². The lowest BCUT2D eigenvalue weighted by Gasteiger charge is -2.34. The topological polar surface area (TPSA) is 102 Å². The third-order valence-electron chi connectivity index (χ3n) is 14.0. The molecule has 0 N–H and O–H groups in total. The van der Waals surface area contributed by atoms with Gasteiger partial charge in [-0.05, 0) is 12.8 Å². The number of hydrogen-bond donors (Lipinski definition) is 0. The summed E-state index contributed by atoms with van der Waals surface area (Å²) in [5.74, 6) is -1.70. The minimum absolute atomic E-state index is 0.0502. The fraction of sp³-hybridized carbons (Fsp3) is 0.949. The number of nitrogens with zero attached hydrogens (tertiary/aromatic N) is 1. The van der Waals surface area contributed by atoms with Crippen LogP contribution >= 0.6 is 0 Å². The first-order chi connectivity index (χ1) is 32.6. The van der Waals surface area contributed by atoms with E-state index >= 15 is 0 Å². The average Bonchev–Trinajstić information content (AvgIpc) is 3.29. The second-order valence-corrected chi connectivity index (χ2v) is 21.6. The first kappa shape index (κ1) is 65.3. The molecular formula is C59H115NO7. The van der Waals surface area contributed by atoms with Crippen LogP contribution in [0.25, 0.3) is 0 Å². The van der Waals surface area contributed by atoms with Crippen LogP contribution < -0.4 is 5.11 Å². The van der Waals surface area contributed by atoms with E-state index in [9.17, 15) is 19.5 Å². The van der Waals surface area contributed by atoms with Gasteiger partial charge in [-0.15, -0.1) is 0 Å². The summed E-state index contributed by atoms with van der Waals surface area (Å²) >= 11 is 0. The highest BCUT2D eigenvalue weighted by molar-refractivity contribution is 5.70. The van der Waals surface area contributed by atoms with Crippen molar-refractivity contribution in [3.8, 4) is 0 Å². The van der Waals surface area contributed by atoms with Crippen LogP contribution in [-0.2, 0) is 28.6 Å². The van der Waals surface area contributed by atoms with Gasteiger partial charge in [-0.1, -0.05) is 277 Å². The van der Waals surface area contributed by atoms with E-state index in [1.54, 1.807) is 0 Å². The van der Waals surface area contributed by atoms with Crippen LogP contribution in [0.2, 0.25) is 0 Å². The Labute approximate surface area is 416 Å². The van der Waals surface area contributed by atoms with Crippen LogP contribution in [0.3, 0.4) is 0 Å². The van der Waals surface area contributed by atoms with Crippen LogP contribution in [0.1, 0.15) is 309 Å². The van der Waals surface area contributed by atoms with Crippen molar-refractivity contribution in [1.29, 1.82) is 0 Å². The number of unbranched alkanes of at least 4 members (excludes halogenated alkanes) is 41. The van der Waals surface area contributed by atoms with Crippen molar-refractivity contribution in [1.82, 2.24) is 0 Å². The summed E-state index contributed by atoms with van der Waals surface area (Å²) in [5, 5.41) is 11.7. The van der Waals surface area contributed by atoms with Crippen molar-refractivity contribution in [2.75, 3.05) is 41.0 Å². The fourth-order valence-electron chi connectivity index (χ4n) is 9.43. The first-order valence-electron chi connectivity index (χ1n) is 29.6. The molecule has 0 aliphatic heterocycles. The van der Waals surface area contributed by atoms with Crippen molar-refractivity contribution in [3.63, 3.8) is 0 Å². The molecule has 0 amide bonds. The lowest BCUT2D eigenvalue weighted by Crippen LogP contribution is -2.55. The molecule has 0 bridgehead atoms. The number of carbonyl (C=O) groups is 3. The van der Waals surface area contributed by atoms with Crippen LogP contribution in [0.15, 0.2) is 0 Å². The van der Waals surface area contributed by atoms with Gasteiger partial charge in [0.1, 0.15) is 12.6 Å². The summed E-state index contributed by atoms with van der Waals surface area (Å²) in [6.07, 6.45) is 57.2. The van der Waals surface area contributed by atoms with Gasteiger partial charge in [0.05, 0.1) is 40.3 Å². The van der Waals surface area contributed by atoms with E-state index in [1.807, 2.05) is 21.1 Å². The maximum absolute atomic E-state index is 12.8. The van der Waals surface area contributed by atoms with Gasteiger partial charge in [-0.2, -0.15) is 0 Å². The number of hydrogen-bond acceptors (Lipinski definition) is 7. The van der Waals surface area contributed by atoms with Gasteiger partial charge < -0.3 is 28.6 Å². The molecule has 8 heteroatoms.